The van der Waals surface area contributed by atoms with E-state index < -0.39 is 10.8 Å². The first-order valence-corrected chi connectivity index (χ1v) is 9.08. The molecule has 1 N–H and O–H groups in total. The Morgan fingerprint density at radius 1 is 1.25 bits per heavy atom. The molecule has 2 atom stereocenters. The molecule has 3 heteroatoms. The monoisotopic (exact) mass is 295 g/mol. The molecule has 0 bridgehead atoms. The van der Waals surface area contributed by atoms with Crippen LogP contribution in [0.5, 0.6) is 0 Å². The van der Waals surface area contributed by atoms with E-state index in [2.05, 4.69) is 58.1 Å². The minimum atomic E-state index is -0.749. The summed E-state index contributed by atoms with van der Waals surface area (Å²) in [7, 11) is -0.749. The third-order valence-electron chi connectivity index (χ3n) is 3.53. The van der Waals surface area contributed by atoms with E-state index >= 15 is 0 Å². The van der Waals surface area contributed by atoms with Gasteiger partial charge in [0.25, 0.3) is 0 Å². The molecule has 0 heterocycles. The fourth-order valence-corrected chi connectivity index (χ4v) is 3.93. The second-order valence-electron chi connectivity index (χ2n) is 5.96. The SMILES string of the molecule is CCNC(CS(=O)CCC(C)C)c1ccc(C)cc1C. The van der Waals surface area contributed by atoms with Crippen molar-refractivity contribution in [3.63, 3.8) is 0 Å². The van der Waals surface area contributed by atoms with Crippen LogP contribution in [0.15, 0.2) is 18.2 Å². The first-order chi connectivity index (χ1) is 9.43. The molecule has 0 aliphatic heterocycles. The Morgan fingerprint density at radius 3 is 2.50 bits per heavy atom. The minimum absolute atomic E-state index is 0.202. The second-order valence-corrected chi connectivity index (χ2v) is 7.58. The fraction of sp³-hybridized carbons (Fsp3) is 0.647. The van der Waals surface area contributed by atoms with Crippen molar-refractivity contribution in [1.82, 2.24) is 5.32 Å². The Bertz CT molecular complexity index is 443. The van der Waals surface area contributed by atoms with Gasteiger partial charge in [-0.1, -0.05) is 44.5 Å². The highest BCUT2D eigenvalue weighted by molar-refractivity contribution is 7.85. The molecule has 1 aromatic carbocycles. The molecule has 114 valence electrons. The first kappa shape index (κ1) is 17.4. The van der Waals surface area contributed by atoms with Crippen molar-refractivity contribution in [2.45, 2.75) is 47.1 Å². The maximum absolute atomic E-state index is 12.3. The number of nitrogens with one attached hydrogen (secondary N) is 1. The lowest BCUT2D eigenvalue weighted by Gasteiger charge is -2.20. The van der Waals surface area contributed by atoms with Crippen LogP contribution in [0.1, 0.15) is 49.9 Å². The van der Waals surface area contributed by atoms with Crippen LogP contribution >= 0.6 is 0 Å². The van der Waals surface area contributed by atoms with Gasteiger partial charge in [-0.3, -0.25) is 4.21 Å². The van der Waals surface area contributed by atoms with E-state index in [0.29, 0.717) is 11.7 Å². The highest BCUT2D eigenvalue weighted by Crippen LogP contribution is 2.20. The molecule has 0 spiro atoms. The molecule has 0 saturated carbocycles. The van der Waals surface area contributed by atoms with E-state index in [1.165, 1.54) is 16.7 Å². The largest absolute Gasteiger partial charge is 0.309 e. The first-order valence-electron chi connectivity index (χ1n) is 7.59. The average Bonchev–Trinajstić information content (AvgIpc) is 2.36. The molecule has 0 aromatic heterocycles. The van der Waals surface area contributed by atoms with Crippen LogP contribution < -0.4 is 5.32 Å². The minimum Gasteiger partial charge on any atom is -0.309 e. The van der Waals surface area contributed by atoms with Crippen LogP contribution in [-0.2, 0) is 10.8 Å². The quantitative estimate of drug-likeness (QED) is 0.791. The van der Waals surface area contributed by atoms with Gasteiger partial charge >= 0.3 is 0 Å². The summed E-state index contributed by atoms with van der Waals surface area (Å²) < 4.78 is 12.3. The van der Waals surface area contributed by atoms with Crippen LogP contribution in [0.4, 0.5) is 0 Å². The highest BCUT2D eigenvalue weighted by atomic mass is 32.2. The van der Waals surface area contributed by atoms with Crippen molar-refractivity contribution in [3.8, 4) is 0 Å². The summed E-state index contributed by atoms with van der Waals surface area (Å²) in [6.07, 6.45) is 1.04. The summed E-state index contributed by atoms with van der Waals surface area (Å²) in [5, 5.41) is 3.48. The normalized spacial score (nSPS) is 14.5. The van der Waals surface area contributed by atoms with Gasteiger partial charge in [-0.15, -0.1) is 0 Å². The van der Waals surface area contributed by atoms with Crippen LogP contribution in [0.2, 0.25) is 0 Å². The Morgan fingerprint density at radius 2 is 1.95 bits per heavy atom. The summed E-state index contributed by atoms with van der Waals surface area (Å²) in [5.41, 5.74) is 3.86. The molecule has 1 rings (SSSR count). The molecule has 1 aromatic rings. The molecule has 0 fully saturated rings. The summed E-state index contributed by atoms with van der Waals surface area (Å²) in [4.78, 5) is 0. The summed E-state index contributed by atoms with van der Waals surface area (Å²) in [6, 6.07) is 6.73. The number of hydrogen-bond donors (Lipinski definition) is 1. The Balaban J connectivity index is 2.75. The van der Waals surface area contributed by atoms with E-state index in [1.807, 2.05) is 0 Å². The molecule has 2 unspecified atom stereocenters. The van der Waals surface area contributed by atoms with Gasteiger partial charge < -0.3 is 5.32 Å². The Labute approximate surface area is 126 Å². The van der Waals surface area contributed by atoms with Gasteiger partial charge in [-0.2, -0.15) is 0 Å². The zero-order valence-electron chi connectivity index (χ0n) is 13.5. The smallest absolute Gasteiger partial charge is 0.0439 e. The molecule has 0 aliphatic rings. The van der Waals surface area contributed by atoms with E-state index in [9.17, 15) is 4.21 Å². The number of hydrogen-bond acceptors (Lipinski definition) is 2. The third kappa shape index (κ3) is 5.76. The predicted octanol–water partition coefficient (Wildman–Crippen LogP) is 3.75. The van der Waals surface area contributed by atoms with Crippen molar-refractivity contribution in [3.05, 3.63) is 34.9 Å². The van der Waals surface area contributed by atoms with Gasteiger partial charge in [-0.25, -0.2) is 0 Å². The topological polar surface area (TPSA) is 29.1 Å². The molecule has 20 heavy (non-hydrogen) atoms. The molecule has 0 radical (unpaired) electrons. The zero-order chi connectivity index (χ0) is 15.1. The number of aryl methyl sites for hydroxylation is 2. The maximum atomic E-state index is 12.3. The van der Waals surface area contributed by atoms with Crippen molar-refractivity contribution in [2.24, 2.45) is 5.92 Å². The van der Waals surface area contributed by atoms with Gasteiger partial charge in [0.15, 0.2) is 0 Å². The molecule has 0 amide bonds. The fourth-order valence-electron chi connectivity index (χ4n) is 2.36. The molecular weight excluding hydrogens is 266 g/mol. The summed E-state index contributed by atoms with van der Waals surface area (Å²) in [6.45, 7) is 11.6. The highest BCUT2D eigenvalue weighted by Gasteiger charge is 2.16. The van der Waals surface area contributed by atoms with Crippen LogP contribution in [0.3, 0.4) is 0 Å². The van der Waals surface area contributed by atoms with Crippen LogP contribution in [0.25, 0.3) is 0 Å². The van der Waals surface area contributed by atoms with E-state index in [0.717, 1.165) is 18.7 Å². The van der Waals surface area contributed by atoms with Gasteiger partial charge in [0, 0.05) is 28.3 Å². The maximum Gasteiger partial charge on any atom is 0.0439 e. The lowest BCUT2D eigenvalue weighted by molar-refractivity contribution is 0.585. The second kappa shape index (κ2) is 8.58. The standard InChI is InChI=1S/C17H29NOS/c1-6-18-17(12-20(19)10-9-13(2)3)16-8-7-14(4)11-15(16)5/h7-8,11,13,17-18H,6,9-10,12H2,1-5H3. The van der Waals surface area contributed by atoms with E-state index in [-0.39, 0.29) is 6.04 Å². The number of rotatable bonds is 8. The van der Waals surface area contributed by atoms with Crippen LogP contribution in [0, 0.1) is 19.8 Å². The van der Waals surface area contributed by atoms with E-state index in [1.54, 1.807) is 0 Å². The summed E-state index contributed by atoms with van der Waals surface area (Å²) in [5.74, 6) is 2.15. The molecule has 2 nitrogen and oxygen atoms in total. The van der Waals surface area contributed by atoms with Crippen LogP contribution in [-0.4, -0.2) is 22.3 Å². The van der Waals surface area contributed by atoms with Crippen molar-refractivity contribution < 1.29 is 4.21 Å². The Kier molecular flexibility index (Phi) is 7.46. The van der Waals surface area contributed by atoms with Gasteiger partial charge in [0.05, 0.1) is 0 Å². The molecule has 0 aliphatic carbocycles. The van der Waals surface area contributed by atoms with Crippen molar-refractivity contribution in [2.75, 3.05) is 18.1 Å². The lowest BCUT2D eigenvalue weighted by Crippen LogP contribution is -2.27. The third-order valence-corrected chi connectivity index (χ3v) is 4.92. The van der Waals surface area contributed by atoms with E-state index in [4.69, 9.17) is 0 Å². The van der Waals surface area contributed by atoms with Gasteiger partial charge in [0.1, 0.15) is 0 Å². The molecular formula is C17H29NOS. The van der Waals surface area contributed by atoms with Crippen molar-refractivity contribution in [1.29, 1.82) is 0 Å². The zero-order valence-corrected chi connectivity index (χ0v) is 14.3. The van der Waals surface area contributed by atoms with Gasteiger partial charge in [0.2, 0.25) is 0 Å². The Hall–Kier alpha value is -0.670. The average molecular weight is 295 g/mol. The molecule has 0 saturated heterocycles. The van der Waals surface area contributed by atoms with Gasteiger partial charge in [-0.05, 0) is 43.9 Å². The van der Waals surface area contributed by atoms with Crippen molar-refractivity contribution >= 4 is 10.8 Å². The lowest BCUT2D eigenvalue weighted by atomic mass is 10.0. The number of benzene rings is 1. The predicted molar refractivity (Wildman–Crippen MR) is 89.7 cm³/mol. The summed E-state index contributed by atoms with van der Waals surface area (Å²) >= 11 is 0.